The molecule has 0 radical (unpaired) electrons. The molecule has 0 fully saturated rings. The van der Waals surface area contributed by atoms with Crippen LogP contribution in [0.4, 0.5) is 0 Å². The minimum atomic E-state index is -0.428. The number of benzene rings is 1. The maximum Gasteiger partial charge on any atom is 0.170 e. The van der Waals surface area contributed by atoms with Crippen LogP contribution in [-0.2, 0) is 0 Å². The van der Waals surface area contributed by atoms with Crippen molar-refractivity contribution in [3.63, 3.8) is 0 Å². The van der Waals surface area contributed by atoms with Crippen LogP contribution >= 0.6 is 0 Å². The highest BCUT2D eigenvalue weighted by molar-refractivity contribution is 6.01. The molecule has 0 aliphatic carbocycles. The van der Waals surface area contributed by atoms with Gasteiger partial charge in [0, 0.05) is 6.07 Å². The van der Waals surface area contributed by atoms with Crippen LogP contribution in [0.3, 0.4) is 0 Å². The maximum atomic E-state index is 12.0. The third-order valence-corrected chi connectivity index (χ3v) is 2.76. The lowest BCUT2D eigenvalue weighted by molar-refractivity contribution is 0.0617. The quantitative estimate of drug-likeness (QED) is 0.730. The summed E-state index contributed by atoms with van der Waals surface area (Å²) in [6, 6.07) is 3.64. The number of hydrogen-bond donors (Lipinski definition) is 0. The van der Waals surface area contributed by atoms with Crippen molar-refractivity contribution in [1.82, 2.24) is 0 Å². The number of ether oxygens (including phenoxy) is 2. The molecule has 16 heavy (non-hydrogen) atoms. The predicted octanol–water partition coefficient (Wildman–Crippen LogP) is 2.75. The van der Waals surface area contributed by atoms with E-state index in [1.165, 1.54) is 0 Å². The molecule has 3 heteroatoms. The van der Waals surface area contributed by atoms with E-state index in [4.69, 9.17) is 9.47 Å². The van der Waals surface area contributed by atoms with E-state index in [0.29, 0.717) is 17.7 Å². The zero-order chi connectivity index (χ0) is 11.9. The summed E-state index contributed by atoms with van der Waals surface area (Å²) in [4.78, 5) is 12.0. The van der Waals surface area contributed by atoms with Gasteiger partial charge in [-0.05, 0) is 32.4 Å². The molecule has 0 aromatic heterocycles. The zero-order valence-electron chi connectivity index (χ0n) is 10.1. The van der Waals surface area contributed by atoms with Gasteiger partial charge in [0.15, 0.2) is 5.78 Å². The van der Waals surface area contributed by atoms with Crippen LogP contribution in [0.25, 0.3) is 0 Å². The van der Waals surface area contributed by atoms with Crippen molar-refractivity contribution in [3.8, 4) is 11.5 Å². The second-order valence-corrected chi connectivity index (χ2v) is 4.78. The highest BCUT2D eigenvalue weighted by atomic mass is 16.5. The SMILES string of the molecule is COc1cc(C)c2c(c1)OC(C)(C)CC2=O. The molecule has 0 amide bonds. The third-order valence-electron chi connectivity index (χ3n) is 2.76. The first-order valence-corrected chi connectivity index (χ1v) is 5.34. The Balaban J connectivity index is 2.56. The van der Waals surface area contributed by atoms with Gasteiger partial charge < -0.3 is 9.47 Å². The summed E-state index contributed by atoms with van der Waals surface area (Å²) in [7, 11) is 1.61. The van der Waals surface area contributed by atoms with Crippen LogP contribution in [0.2, 0.25) is 0 Å². The molecule has 0 atom stereocenters. The Morgan fingerprint density at radius 3 is 2.69 bits per heavy atom. The summed E-state index contributed by atoms with van der Waals surface area (Å²) >= 11 is 0. The van der Waals surface area contributed by atoms with E-state index >= 15 is 0 Å². The molecule has 86 valence electrons. The van der Waals surface area contributed by atoms with Crippen LogP contribution in [-0.4, -0.2) is 18.5 Å². The van der Waals surface area contributed by atoms with E-state index in [0.717, 1.165) is 11.3 Å². The maximum absolute atomic E-state index is 12.0. The number of fused-ring (bicyclic) bond motifs is 1. The Hall–Kier alpha value is -1.51. The first-order valence-electron chi connectivity index (χ1n) is 5.34. The van der Waals surface area contributed by atoms with Crippen molar-refractivity contribution in [2.45, 2.75) is 32.8 Å². The van der Waals surface area contributed by atoms with Crippen LogP contribution in [0.15, 0.2) is 12.1 Å². The minimum absolute atomic E-state index is 0.145. The van der Waals surface area contributed by atoms with Crippen LogP contribution in [0, 0.1) is 6.92 Å². The highest BCUT2D eigenvalue weighted by Crippen LogP contribution is 2.37. The van der Waals surface area contributed by atoms with Gasteiger partial charge in [-0.15, -0.1) is 0 Å². The molecule has 0 saturated carbocycles. The number of hydrogen-bond acceptors (Lipinski definition) is 3. The first kappa shape index (κ1) is 11.0. The van der Waals surface area contributed by atoms with Crippen molar-refractivity contribution in [2.75, 3.05) is 7.11 Å². The molecule has 2 rings (SSSR count). The van der Waals surface area contributed by atoms with E-state index < -0.39 is 5.60 Å². The summed E-state index contributed by atoms with van der Waals surface area (Å²) in [6.45, 7) is 5.74. The molecule has 3 nitrogen and oxygen atoms in total. The van der Waals surface area contributed by atoms with Crippen LogP contribution in [0.5, 0.6) is 11.5 Å². The summed E-state index contributed by atoms with van der Waals surface area (Å²) in [6.07, 6.45) is 0.424. The molecule has 0 saturated heterocycles. The number of carbonyl (C=O) groups is 1. The predicted molar refractivity (Wildman–Crippen MR) is 61.4 cm³/mol. The normalized spacial score (nSPS) is 17.6. The Morgan fingerprint density at radius 1 is 1.38 bits per heavy atom. The van der Waals surface area contributed by atoms with Gasteiger partial charge in [0.25, 0.3) is 0 Å². The van der Waals surface area contributed by atoms with Gasteiger partial charge in [-0.3, -0.25) is 4.79 Å². The lowest BCUT2D eigenvalue weighted by Crippen LogP contribution is -2.36. The molecule has 0 spiro atoms. The smallest absolute Gasteiger partial charge is 0.170 e. The largest absolute Gasteiger partial charge is 0.497 e. The van der Waals surface area contributed by atoms with Gasteiger partial charge in [-0.1, -0.05) is 0 Å². The summed E-state index contributed by atoms with van der Waals surface area (Å²) < 4.78 is 11.0. The number of methoxy groups -OCH3 is 1. The van der Waals surface area contributed by atoms with Gasteiger partial charge in [0.05, 0.1) is 19.1 Å². The Morgan fingerprint density at radius 2 is 2.06 bits per heavy atom. The van der Waals surface area contributed by atoms with Crippen molar-refractivity contribution < 1.29 is 14.3 Å². The molecular weight excluding hydrogens is 204 g/mol. The summed E-state index contributed by atoms with van der Waals surface area (Å²) in [5, 5.41) is 0. The number of carbonyl (C=O) groups excluding carboxylic acids is 1. The Labute approximate surface area is 95.4 Å². The topological polar surface area (TPSA) is 35.5 Å². The van der Waals surface area contributed by atoms with Crippen LogP contribution < -0.4 is 9.47 Å². The minimum Gasteiger partial charge on any atom is -0.497 e. The number of Topliss-reactive ketones (excluding diaryl/α,β-unsaturated/α-hetero) is 1. The van der Waals surface area contributed by atoms with E-state index in [-0.39, 0.29) is 5.78 Å². The average Bonchev–Trinajstić information content (AvgIpc) is 2.13. The fourth-order valence-corrected chi connectivity index (χ4v) is 2.09. The standard InChI is InChI=1S/C13H16O3/c1-8-5-9(15-4)6-11-12(8)10(14)7-13(2,3)16-11/h5-6H,7H2,1-4H3. The second-order valence-electron chi connectivity index (χ2n) is 4.78. The second kappa shape index (κ2) is 3.51. The van der Waals surface area contributed by atoms with Gasteiger partial charge in [-0.25, -0.2) is 0 Å². The Kier molecular flexibility index (Phi) is 2.41. The van der Waals surface area contributed by atoms with Crippen molar-refractivity contribution in [1.29, 1.82) is 0 Å². The van der Waals surface area contributed by atoms with Gasteiger partial charge in [0.2, 0.25) is 0 Å². The van der Waals surface area contributed by atoms with E-state index in [1.807, 2.05) is 26.8 Å². The third kappa shape index (κ3) is 1.77. The monoisotopic (exact) mass is 220 g/mol. The fraction of sp³-hybridized carbons (Fsp3) is 0.462. The van der Waals surface area contributed by atoms with Crippen molar-refractivity contribution in [2.24, 2.45) is 0 Å². The molecule has 1 heterocycles. The molecule has 0 unspecified atom stereocenters. The van der Waals surface area contributed by atoms with Crippen LogP contribution in [0.1, 0.15) is 36.2 Å². The summed E-state index contributed by atoms with van der Waals surface area (Å²) in [5.74, 6) is 1.51. The molecule has 0 bridgehead atoms. The van der Waals surface area contributed by atoms with E-state index in [9.17, 15) is 4.79 Å². The summed E-state index contributed by atoms with van der Waals surface area (Å²) in [5.41, 5.74) is 1.18. The molecule has 1 aliphatic heterocycles. The van der Waals surface area contributed by atoms with Crippen molar-refractivity contribution in [3.05, 3.63) is 23.3 Å². The number of rotatable bonds is 1. The van der Waals surface area contributed by atoms with E-state index in [1.54, 1.807) is 13.2 Å². The molecule has 1 aromatic rings. The zero-order valence-corrected chi connectivity index (χ0v) is 10.1. The molecular formula is C13H16O3. The Bertz CT molecular complexity index is 447. The van der Waals surface area contributed by atoms with Gasteiger partial charge in [0.1, 0.15) is 17.1 Å². The molecule has 1 aliphatic rings. The lowest BCUT2D eigenvalue weighted by Gasteiger charge is -2.32. The van der Waals surface area contributed by atoms with Gasteiger partial charge >= 0.3 is 0 Å². The number of aryl methyl sites for hydroxylation is 1. The fourth-order valence-electron chi connectivity index (χ4n) is 2.09. The average molecular weight is 220 g/mol. The molecule has 1 aromatic carbocycles. The first-order chi connectivity index (χ1) is 7.43. The highest BCUT2D eigenvalue weighted by Gasteiger charge is 2.33. The van der Waals surface area contributed by atoms with E-state index in [2.05, 4.69) is 0 Å². The van der Waals surface area contributed by atoms with Crippen molar-refractivity contribution >= 4 is 5.78 Å². The van der Waals surface area contributed by atoms with Gasteiger partial charge in [-0.2, -0.15) is 0 Å². The molecule has 0 N–H and O–H groups in total. The number of ketones is 1. The lowest BCUT2D eigenvalue weighted by atomic mass is 9.90.